The quantitative estimate of drug-likeness (QED) is 0.164. The highest BCUT2D eigenvalue weighted by Crippen LogP contribution is 2.14. The van der Waals surface area contributed by atoms with Crippen molar-refractivity contribution in [3.05, 3.63) is 12.2 Å². The van der Waals surface area contributed by atoms with Gasteiger partial charge in [0.05, 0.1) is 6.61 Å². The van der Waals surface area contributed by atoms with Crippen molar-refractivity contribution >= 4 is 5.78 Å². The van der Waals surface area contributed by atoms with Crippen LogP contribution in [0.2, 0.25) is 0 Å². The predicted molar refractivity (Wildman–Crippen MR) is 121 cm³/mol. The Balaban J connectivity index is 3.23. The first-order chi connectivity index (χ1) is 13.5. The Hall–Kier alpha value is -0.670. The number of unbranched alkanes of at least 4 members (excludes halogenated alkanes) is 15. The minimum Gasteiger partial charge on any atom is -0.393 e. The van der Waals surface area contributed by atoms with E-state index in [1.54, 1.807) is 0 Å². The van der Waals surface area contributed by atoms with Crippen LogP contribution >= 0.6 is 0 Å². The largest absolute Gasteiger partial charge is 0.393 e. The van der Waals surface area contributed by atoms with Gasteiger partial charge in [-0.05, 0) is 39.0 Å². The molecule has 3 heteroatoms. The van der Waals surface area contributed by atoms with Gasteiger partial charge in [-0.15, -0.1) is 0 Å². The fourth-order valence-corrected chi connectivity index (χ4v) is 3.42. The topological polar surface area (TPSA) is 57.5 Å². The second kappa shape index (κ2) is 19.6. The molecule has 0 fully saturated rings. The monoisotopic (exact) mass is 396 g/mol. The van der Waals surface area contributed by atoms with Gasteiger partial charge in [-0.25, -0.2) is 0 Å². The minimum absolute atomic E-state index is 0.240. The molecule has 28 heavy (non-hydrogen) atoms. The van der Waals surface area contributed by atoms with Crippen molar-refractivity contribution in [2.24, 2.45) is 0 Å². The summed E-state index contributed by atoms with van der Waals surface area (Å²) in [6.45, 7) is 3.17. The smallest absolute Gasteiger partial charge is 0.166 e. The molecule has 0 aromatic rings. The highest BCUT2D eigenvalue weighted by atomic mass is 16.3. The number of carbonyl (C=O) groups is 1. The second-order valence-corrected chi connectivity index (χ2v) is 8.60. The molecule has 3 nitrogen and oxygen atoms in total. The molecule has 0 rings (SSSR count). The van der Waals surface area contributed by atoms with E-state index in [-0.39, 0.29) is 5.78 Å². The van der Waals surface area contributed by atoms with E-state index in [2.05, 4.69) is 19.1 Å². The van der Waals surface area contributed by atoms with Gasteiger partial charge in [0, 0.05) is 6.42 Å². The number of ketones is 1. The summed E-state index contributed by atoms with van der Waals surface area (Å²) in [5.41, 5.74) is -1.55. The van der Waals surface area contributed by atoms with Crippen LogP contribution in [0.4, 0.5) is 0 Å². The van der Waals surface area contributed by atoms with Crippen LogP contribution in [0.25, 0.3) is 0 Å². The third-order valence-corrected chi connectivity index (χ3v) is 5.57. The number of aliphatic hydroxyl groups is 2. The predicted octanol–water partition coefficient (Wildman–Crippen LogP) is 6.90. The first kappa shape index (κ1) is 27.3. The molecular weight excluding hydrogens is 348 g/mol. The number of hydrogen-bond donors (Lipinski definition) is 2. The first-order valence-electron chi connectivity index (χ1n) is 12.1. The van der Waals surface area contributed by atoms with Gasteiger partial charge in [-0.1, -0.05) is 96.1 Å². The van der Waals surface area contributed by atoms with Crippen LogP contribution in [-0.4, -0.2) is 28.2 Å². The highest BCUT2D eigenvalue weighted by molar-refractivity contribution is 5.86. The van der Waals surface area contributed by atoms with Gasteiger partial charge < -0.3 is 10.2 Å². The van der Waals surface area contributed by atoms with E-state index < -0.39 is 12.2 Å². The molecule has 0 aliphatic rings. The van der Waals surface area contributed by atoms with E-state index in [0.29, 0.717) is 6.42 Å². The molecule has 0 heterocycles. The van der Waals surface area contributed by atoms with Crippen LogP contribution in [0.5, 0.6) is 0 Å². The maximum atomic E-state index is 11.7. The van der Waals surface area contributed by atoms with E-state index >= 15 is 0 Å². The zero-order valence-electron chi connectivity index (χ0n) is 18.9. The summed E-state index contributed by atoms with van der Waals surface area (Å²) in [5.74, 6) is -0.240. The molecule has 0 aliphatic heterocycles. The van der Waals surface area contributed by atoms with Crippen molar-refractivity contribution in [2.45, 2.75) is 135 Å². The van der Waals surface area contributed by atoms with Crippen LogP contribution < -0.4 is 0 Å². The van der Waals surface area contributed by atoms with Gasteiger partial charge in [-0.2, -0.15) is 0 Å². The summed E-state index contributed by atoms with van der Waals surface area (Å²) in [6.07, 6.45) is 26.8. The lowest BCUT2D eigenvalue weighted by atomic mass is 9.96. The number of allylic oxidation sites excluding steroid dienone is 2. The van der Waals surface area contributed by atoms with Crippen LogP contribution in [0, 0.1) is 0 Å². The molecule has 0 aliphatic carbocycles. The highest BCUT2D eigenvalue weighted by Gasteiger charge is 2.27. The molecule has 0 bridgehead atoms. The minimum atomic E-state index is -1.55. The Morgan fingerprint density at radius 3 is 1.54 bits per heavy atom. The van der Waals surface area contributed by atoms with E-state index in [1.807, 2.05) is 0 Å². The van der Waals surface area contributed by atoms with E-state index in [4.69, 9.17) is 5.11 Å². The molecule has 1 unspecified atom stereocenters. The Morgan fingerprint density at radius 2 is 1.11 bits per heavy atom. The van der Waals surface area contributed by atoms with Crippen molar-refractivity contribution in [3.8, 4) is 0 Å². The van der Waals surface area contributed by atoms with Crippen molar-refractivity contribution in [3.63, 3.8) is 0 Å². The standard InChI is InChI=1S/C25H48O3/c1-3-4-5-6-7-8-9-10-11-12-13-14-15-16-17-18-19-20-21-22-24(27)25(2,28)23-26/h10-11,26,28H,3-9,12-23H2,1-2H3/b11-10-. The summed E-state index contributed by atoms with van der Waals surface area (Å²) >= 11 is 0. The summed E-state index contributed by atoms with van der Waals surface area (Å²) < 4.78 is 0. The number of rotatable bonds is 21. The van der Waals surface area contributed by atoms with E-state index in [1.165, 1.54) is 96.8 Å². The summed E-state index contributed by atoms with van der Waals surface area (Å²) in [5, 5.41) is 18.6. The fraction of sp³-hybridized carbons (Fsp3) is 0.880. The molecule has 2 N–H and O–H groups in total. The van der Waals surface area contributed by atoms with Gasteiger partial charge in [-0.3, -0.25) is 4.79 Å². The van der Waals surface area contributed by atoms with Crippen molar-refractivity contribution in [1.82, 2.24) is 0 Å². The Kier molecular flexibility index (Phi) is 19.2. The molecule has 0 saturated carbocycles. The molecule has 0 saturated heterocycles. The molecule has 0 spiro atoms. The zero-order chi connectivity index (χ0) is 20.9. The average molecular weight is 397 g/mol. The maximum Gasteiger partial charge on any atom is 0.166 e. The number of Topliss-reactive ketones (excluding diaryl/α,β-unsaturated/α-hetero) is 1. The van der Waals surface area contributed by atoms with Crippen LogP contribution in [0.15, 0.2) is 12.2 Å². The third kappa shape index (κ3) is 17.4. The van der Waals surface area contributed by atoms with Crippen LogP contribution in [0.3, 0.4) is 0 Å². The Labute approximate surface area is 175 Å². The van der Waals surface area contributed by atoms with Gasteiger partial charge >= 0.3 is 0 Å². The lowest BCUT2D eigenvalue weighted by Gasteiger charge is -2.18. The lowest BCUT2D eigenvalue weighted by Crippen LogP contribution is -2.38. The molecule has 0 aromatic heterocycles. The average Bonchev–Trinajstić information content (AvgIpc) is 2.69. The van der Waals surface area contributed by atoms with Gasteiger partial charge in [0.1, 0.15) is 5.60 Å². The number of carbonyl (C=O) groups excluding carboxylic acids is 1. The normalized spacial score (nSPS) is 13.9. The molecule has 1 atom stereocenters. The van der Waals surface area contributed by atoms with Crippen molar-refractivity contribution in [2.75, 3.05) is 6.61 Å². The Morgan fingerprint density at radius 1 is 0.714 bits per heavy atom. The maximum absolute atomic E-state index is 11.7. The van der Waals surface area contributed by atoms with Gasteiger partial charge in [0.2, 0.25) is 0 Å². The summed E-state index contributed by atoms with van der Waals surface area (Å²) in [4.78, 5) is 11.7. The van der Waals surface area contributed by atoms with Crippen LogP contribution in [0.1, 0.15) is 129 Å². The molecular formula is C25H48O3. The van der Waals surface area contributed by atoms with Crippen LogP contribution in [-0.2, 0) is 4.79 Å². The van der Waals surface area contributed by atoms with E-state index in [9.17, 15) is 9.90 Å². The summed E-state index contributed by atoms with van der Waals surface area (Å²) in [6, 6.07) is 0. The molecule has 166 valence electrons. The molecule has 0 aromatic carbocycles. The number of hydrogen-bond acceptors (Lipinski definition) is 3. The van der Waals surface area contributed by atoms with Gasteiger partial charge in [0.15, 0.2) is 5.78 Å². The van der Waals surface area contributed by atoms with E-state index in [0.717, 1.165) is 19.3 Å². The van der Waals surface area contributed by atoms with Crippen molar-refractivity contribution < 1.29 is 15.0 Å². The summed E-state index contributed by atoms with van der Waals surface area (Å²) in [7, 11) is 0. The second-order valence-electron chi connectivity index (χ2n) is 8.60. The fourth-order valence-electron chi connectivity index (χ4n) is 3.42. The lowest BCUT2D eigenvalue weighted by molar-refractivity contribution is -0.139. The van der Waals surface area contributed by atoms with Gasteiger partial charge in [0.25, 0.3) is 0 Å². The number of aliphatic hydroxyl groups excluding tert-OH is 1. The van der Waals surface area contributed by atoms with Crippen molar-refractivity contribution in [1.29, 1.82) is 0 Å². The Bertz CT molecular complexity index is 374. The molecule has 0 radical (unpaired) electrons. The molecule has 0 amide bonds. The first-order valence-corrected chi connectivity index (χ1v) is 12.1. The SMILES string of the molecule is CCCCCCCC/C=C\CCCCCCCCCCCC(=O)C(C)(O)CO. The zero-order valence-corrected chi connectivity index (χ0v) is 18.9. The third-order valence-electron chi connectivity index (χ3n) is 5.57.